The molecule has 0 unspecified atom stereocenters. The maximum absolute atomic E-state index is 13.8. The van der Waals surface area contributed by atoms with Crippen molar-refractivity contribution in [3.8, 4) is 0 Å². The summed E-state index contributed by atoms with van der Waals surface area (Å²) in [4.78, 5) is 15.6. The number of hydrogen-bond acceptors (Lipinski definition) is 4. The van der Waals surface area contributed by atoms with Crippen LogP contribution >= 0.6 is 11.8 Å². The summed E-state index contributed by atoms with van der Waals surface area (Å²) >= 11 is 1.62. The summed E-state index contributed by atoms with van der Waals surface area (Å²) in [5.41, 5.74) is 4.41. The topological polar surface area (TPSA) is 38.8 Å². The number of hydrogen-bond donors (Lipinski definition) is 0. The Bertz CT molecular complexity index is 1100. The number of thioether (sulfide) groups is 1. The van der Waals surface area contributed by atoms with Crippen molar-refractivity contribution in [2.24, 2.45) is 5.92 Å². The predicted molar refractivity (Wildman–Crippen MR) is 120 cm³/mol. The van der Waals surface area contributed by atoms with Crippen LogP contribution in [0.3, 0.4) is 0 Å². The second kappa shape index (κ2) is 7.23. The van der Waals surface area contributed by atoms with Gasteiger partial charge >= 0.3 is 5.24 Å². The molecule has 0 saturated carbocycles. The van der Waals surface area contributed by atoms with Crippen molar-refractivity contribution >= 4 is 17.7 Å². The molecule has 1 spiro atoms. The van der Waals surface area contributed by atoms with Gasteiger partial charge in [-0.3, -0.25) is 9.69 Å². The van der Waals surface area contributed by atoms with E-state index in [1.165, 1.54) is 5.56 Å². The van der Waals surface area contributed by atoms with Crippen molar-refractivity contribution < 1.29 is 14.3 Å². The predicted octanol–water partition coefficient (Wildman–Crippen LogP) is 5.38. The van der Waals surface area contributed by atoms with Gasteiger partial charge in [0.2, 0.25) is 5.91 Å². The van der Waals surface area contributed by atoms with Crippen LogP contribution in [-0.4, -0.2) is 22.6 Å². The number of aryl methyl sites for hydroxylation is 1. The molecule has 4 aliphatic rings. The molecule has 2 bridgehead atoms. The van der Waals surface area contributed by atoms with Crippen molar-refractivity contribution in [3.63, 3.8) is 0 Å². The number of rotatable bonds is 3. The average molecular weight is 430 g/mol. The third-order valence-electron chi connectivity index (χ3n) is 6.43. The van der Waals surface area contributed by atoms with Gasteiger partial charge in [0.05, 0.1) is 17.7 Å². The highest BCUT2D eigenvalue weighted by Crippen LogP contribution is 2.64. The molecule has 156 valence electrons. The Morgan fingerprint density at radius 2 is 1.48 bits per heavy atom. The smallest absolute Gasteiger partial charge is 0.309 e. The third-order valence-corrected chi connectivity index (χ3v) is 7.96. The van der Waals surface area contributed by atoms with Crippen LogP contribution in [0.5, 0.6) is 0 Å². The van der Waals surface area contributed by atoms with Gasteiger partial charge in [-0.25, -0.2) is 0 Å². The molecule has 0 radical (unpaired) electrons. The van der Waals surface area contributed by atoms with E-state index in [1.54, 1.807) is 11.8 Å². The lowest BCUT2D eigenvalue weighted by Gasteiger charge is -2.54. The minimum Gasteiger partial charge on any atom is -0.315 e. The van der Waals surface area contributed by atoms with E-state index in [0.717, 1.165) is 16.7 Å². The van der Waals surface area contributed by atoms with E-state index in [4.69, 9.17) is 9.47 Å². The molecule has 4 nitrogen and oxygen atoms in total. The third kappa shape index (κ3) is 3.03. The number of carbonyl (C=O) groups is 1. The van der Waals surface area contributed by atoms with Crippen LogP contribution in [0.4, 0.5) is 0 Å². The van der Waals surface area contributed by atoms with Gasteiger partial charge in [0.1, 0.15) is 12.2 Å². The van der Waals surface area contributed by atoms with Gasteiger partial charge in [-0.05, 0) is 23.6 Å². The molecule has 1 amide bonds. The standard InChI is InChI=1S/C26H23NO3S/c1-17-12-14-19(15-13-17)23-22-24(20-10-6-3-7-11-20)31-26(30-23)27(25(22)28)16-21(29-26)18-8-4-2-5-9-18/h2-15,21-24H,16H2,1H3/t21-,22-,23-,24-,26+/m0/s1. The maximum atomic E-state index is 13.8. The summed E-state index contributed by atoms with van der Waals surface area (Å²) in [6.07, 6.45) is -0.546. The van der Waals surface area contributed by atoms with E-state index in [1.807, 2.05) is 53.4 Å². The zero-order valence-corrected chi connectivity index (χ0v) is 18.0. The van der Waals surface area contributed by atoms with Crippen LogP contribution in [0.2, 0.25) is 0 Å². The molecule has 0 aliphatic carbocycles. The van der Waals surface area contributed by atoms with E-state index in [-0.39, 0.29) is 29.3 Å². The Balaban J connectivity index is 1.44. The first kappa shape index (κ1) is 19.1. The van der Waals surface area contributed by atoms with Crippen molar-refractivity contribution in [2.75, 3.05) is 6.54 Å². The number of ether oxygens (including phenoxy) is 2. The number of benzene rings is 3. The zero-order chi connectivity index (χ0) is 21.0. The van der Waals surface area contributed by atoms with E-state index in [0.29, 0.717) is 6.54 Å². The van der Waals surface area contributed by atoms with Gasteiger partial charge in [-0.15, -0.1) is 0 Å². The van der Waals surface area contributed by atoms with Crippen molar-refractivity contribution in [3.05, 3.63) is 107 Å². The van der Waals surface area contributed by atoms with Gasteiger partial charge in [-0.1, -0.05) is 102 Å². The molecule has 3 aromatic rings. The summed E-state index contributed by atoms with van der Waals surface area (Å²) in [5, 5.41) is -1.14. The fourth-order valence-corrected chi connectivity index (χ4v) is 6.49. The summed E-state index contributed by atoms with van der Waals surface area (Å²) < 4.78 is 13.2. The van der Waals surface area contributed by atoms with E-state index < -0.39 is 5.24 Å². The first-order chi connectivity index (χ1) is 15.1. The SMILES string of the molecule is Cc1ccc([C@@H]2O[C@]34O[C@H](c5ccccc5)CN3C(=O)[C@@H]2[C@H](c2ccccc2)S4)cc1. The molecule has 5 atom stereocenters. The quantitative estimate of drug-likeness (QED) is 0.560. The van der Waals surface area contributed by atoms with Gasteiger partial charge in [0.15, 0.2) is 0 Å². The van der Waals surface area contributed by atoms with Gasteiger partial charge in [-0.2, -0.15) is 0 Å². The second-order valence-electron chi connectivity index (χ2n) is 8.41. The summed E-state index contributed by atoms with van der Waals surface area (Å²) in [7, 11) is 0. The monoisotopic (exact) mass is 429 g/mol. The molecule has 7 rings (SSSR count). The lowest BCUT2D eigenvalue weighted by molar-refractivity contribution is -0.278. The van der Waals surface area contributed by atoms with E-state index in [9.17, 15) is 4.79 Å². The van der Waals surface area contributed by atoms with E-state index >= 15 is 0 Å². The molecule has 4 aliphatic heterocycles. The summed E-state index contributed by atoms with van der Waals surface area (Å²) in [6.45, 7) is 2.57. The molecule has 0 N–H and O–H groups in total. The van der Waals surface area contributed by atoms with Crippen LogP contribution in [0.15, 0.2) is 84.9 Å². The minimum absolute atomic E-state index is 0.0282. The lowest BCUT2D eigenvalue weighted by atomic mass is 9.86. The summed E-state index contributed by atoms with van der Waals surface area (Å²) in [6, 6.07) is 28.7. The molecule has 4 fully saturated rings. The van der Waals surface area contributed by atoms with Crippen LogP contribution in [0, 0.1) is 12.8 Å². The van der Waals surface area contributed by atoms with Crippen LogP contribution < -0.4 is 0 Å². The Morgan fingerprint density at radius 3 is 2.16 bits per heavy atom. The maximum Gasteiger partial charge on any atom is 0.309 e. The van der Waals surface area contributed by atoms with Gasteiger partial charge in [0, 0.05) is 0 Å². The number of carbonyl (C=O) groups excluding carboxylic acids is 1. The van der Waals surface area contributed by atoms with Crippen molar-refractivity contribution in [1.82, 2.24) is 4.90 Å². The fourth-order valence-electron chi connectivity index (χ4n) is 4.85. The highest BCUT2D eigenvalue weighted by Gasteiger charge is 2.67. The van der Waals surface area contributed by atoms with Crippen molar-refractivity contribution in [1.29, 1.82) is 0 Å². The molecular weight excluding hydrogens is 406 g/mol. The zero-order valence-electron chi connectivity index (χ0n) is 17.2. The molecule has 4 saturated heterocycles. The number of fused-ring (bicyclic) bond motifs is 2. The average Bonchev–Trinajstić information content (AvgIpc) is 3.21. The van der Waals surface area contributed by atoms with Crippen molar-refractivity contribution in [2.45, 2.75) is 29.6 Å². The highest BCUT2D eigenvalue weighted by atomic mass is 32.2. The molecule has 31 heavy (non-hydrogen) atoms. The first-order valence-electron chi connectivity index (χ1n) is 10.7. The largest absolute Gasteiger partial charge is 0.315 e. The molecular formula is C26H23NO3S. The normalized spacial score (nSPS) is 31.6. The molecule has 4 heterocycles. The molecule has 5 heteroatoms. The molecule has 0 aromatic heterocycles. The molecule has 3 aromatic carbocycles. The highest BCUT2D eigenvalue weighted by molar-refractivity contribution is 8.00. The number of nitrogens with zero attached hydrogens (tertiary/aromatic N) is 1. The lowest BCUT2D eigenvalue weighted by Crippen LogP contribution is -2.62. The first-order valence-corrected chi connectivity index (χ1v) is 11.5. The van der Waals surface area contributed by atoms with Crippen LogP contribution in [-0.2, 0) is 14.3 Å². The fraction of sp³-hybridized carbons (Fsp3) is 0.269. The number of amides is 1. The van der Waals surface area contributed by atoms with E-state index in [2.05, 4.69) is 43.3 Å². The Hall–Kier alpha value is -2.60. The second-order valence-corrected chi connectivity index (χ2v) is 9.67. The Labute approximate surface area is 186 Å². The Kier molecular flexibility index (Phi) is 4.46. The van der Waals surface area contributed by atoms with Crippen LogP contribution in [0.25, 0.3) is 0 Å². The Morgan fingerprint density at radius 1 is 0.839 bits per heavy atom. The van der Waals surface area contributed by atoms with Gasteiger partial charge in [0.25, 0.3) is 0 Å². The van der Waals surface area contributed by atoms with Gasteiger partial charge < -0.3 is 9.47 Å². The summed E-state index contributed by atoms with van der Waals surface area (Å²) in [5.74, 6) is -0.182. The van der Waals surface area contributed by atoms with Crippen LogP contribution in [0.1, 0.15) is 39.7 Å². The minimum atomic E-state index is -1.11.